The lowest BCUT2D eigenvalue weighted by Gasteiger charge is -2.24. The molecule has 1 N–H and O–H groups in total. The molecule has 0 bridgehead atoms. The topological polar surface area (TPSA) is 35.9 Å². The molecule has 130 valence electrons. The van der Waals surface area contributed by atoms with Gasteiger partial charge in [0.15, 0.2) is 0 Å². The van der Waals surface area contributed by atoms with Crippen LogP contribution in [0.3, 0.4) is 0 Å². The molecule has 0 spiro atoms. The van der Waals surface area contributed by atoms with Crippen LogP contribution in [0.25, 0.3) is 0 Å². The van der Waals surface area contributed by atoms with Gasteiger partial charge in [0.05, 0.1) is 0 Å². The third-order valence-electron chi connectivity index (χ3n) is 4.39. The van der Waals surface area contributed by atoms with Crippen LogP contribution in [-0.2, 0) is 0 Å². The Bertz CT molecular complexity index is 490. The number of aryl methyl sites for hydroxylation is 2. The summed E-state index contributed by atoms with van der Waals surface area (Å²) < 4.78 is 5.77. The Kier molecular flexibility index (Phi) is 6.77. The van der Waals surface area contributed by atoms with E-state index in [-0.39, 0.29) is 0 Å². The minimum Gasteiger partial charge on any atom is -0.491 e. The maximum atomic E-state index is 10.3. The van der Waals surface area contributed by atoms with Crippen LogP contribution in [0.15, 0.2) is 18.2 Å². The van der Waals surface area contributed by atoms with Crippen LogP contribution < -0.4 is 4.74 Å². The van der Waals surface area contributed by atoms with E-state index in [2.05, 4.69) is 50.1 Å². The molecule has 0 aromatic heterocycles. The first-order valence-electron chi connectivity index (χ1n) is 8.19. The van der Waals surface area contributed by atoms with E-state index in [1.807, 2.05) is 23.9 Å². The summed E-state index contributed by atoms with van der Waals surface area (Å²) in [5.74, 6) is 0.844. The van der Waals surface area contributed by atoms with Gasteiger partial charge in [0.2, 0.25) is 0 Å². The van der Waals surface area contributed by atoms with E-state index in [1.54, 1.807) is 0 Å². The van der Waals surface area contributed by atoms with E-state index < -0.39 is 6.10 Å². The Morgan fingerprint density at radius 1 is 1.26 bits per heavy atom. The number of rotatable bonds is 7. The lowest BCUT2D eigenvalue weighted by atomic mass is 10.1. The summed E-state index contributed by atoms with van der Waals surface area (Å²) in [7, 11) is 4.27. The molecule has 1 aliphatic heterocycles. The Morgan fingerprint density at radius 2 is 1.91 bits per heavy atom. The van der Waals surface area contributed by atoms with Gasteiger partial charge in [-0.2, -0.15) is 11.8 Å². The summed E-state index contributed by atoms with van der Waals surface area (Å²) in [5, 5.41) is 10.9. The van der Waals surface area contributed by atoms with Gasteiger partial charge < -0.3 is 14.7 Å². The van der Waals surface area contributed by atoms with Crippen molar-refractivity contribution in [1.29, 1.82) is 0 Å². The molecule has 0 amide bonds. The molecule has 1 aromatic rings. The molecule has 2 rings (SSSR count). The second kappa shape index (κ2) is 8.38. The summed E-state index contributed by atoms with van der Waals surface area (Å²) >= 11 is 1.92. The van der Waals surface area contributed by atoms with Crippen LogP contribution in [0.2, 0.25) is 0 Å². The molecule has 1 aliphatic rings. The summed E-state index contributed by atoms with van der Waals surface area (Å²) in [4.78, 5) is 4.64. The average Bonchev–Trinajstić information content (AvgIpc) is 2.87. The first kappa shape index (κ1) is 18.6. The molecule has 0 unspecified atom stereocenters. The van der Waals surface area contributed by atoms with E-state index in [4.69, 9.17) is 4.74 Å². The smallest absolute Gasteiger partial charge is 0.119 e. The summed E-state index contributed by atoms with van der Waals surface area (Å²) in [6.07, 6.45) is 1.71. The third kappa shape index (κ3) is 5.38. The number of benzene rings is 1. The van der Waals surface area contributed by atoms with Crippen molar-refractivity contribution in [1.82, 2.24) is 9.80 Å². The van der Waals surface area contributed by atoms with Crippen molar-refractivity contribution in [3.63, 3.8) is 0 Å². The molecule has 1 fully saturated rings. The second-order valence-corrected chi connectivity index (χ2v) is 7.89. The van der Waals surface area contributed by atoms with Gasteiger partial charge in [0, 0.05) is 30.9 Å². The molecule has 3 atom stereocenters. The van der Waals surface area contributed by atoms with Gasteiger partial charge in [-0.05, 0) is 57.5 Å². The first-order valence-corrected chi connectivity index (χ1v) is 9.48. The zero-order chi connectivity index (χ0) is 17.0. The van der Waals surface area contributed by atoms with Crippen molar-refractivity contribution in [2.24, 2.45) is 0 Å². The highest BCUT2D eigenvalue weighted by molar-refractivity contribution is 7.99. The molecule has 0 saturated carbocycles. The second-order valence-electron chi connectivity index (χ2n) is 6.81. The summed E-state index contributed by atoms with van der Waals surface area (Å²) in [6.45, 7) is 7.18. The Labute approximate surface area is 144 Å². The normalized spacial score (nSPS) is 23.4. The maximum absolute atomic E-state index is 10.3. The van der Waals surface area contributed by atoms with Gasteiger partial charge in [0.25, 0.3) is 0 Å². The molecule has 0 aliphatic carbocycles. The number of likely N-dealkylation sites (tertiary alicyclic amines) is 1. The lowest BCUT2D eigenvalue weighted by Crippen LogP contribution is -2.38. The Balaban J connectivity index is 1.82. The molecule has 5 heteroatoms. The quantitative estimate of drug-likeness (QED) is 0.823. The highest BCUT2D eigenvalue weighted by Crippen LogP contribution is 2.24. The molecular weight excluding hydrogens is 308 g/mol. The number of nitrogens with zero attached hydrogens (tertiary/aromatic N) is 2. The first-order chi connectivity index (χ1) is 10.9. The van der Waals surface area contributed by atoms with E-state index >= 15 is 0 Å². The Hall–Kier alpha value is -0.750. The molecule has 23 heavy (non-hydrogen) atoms. The van der Waals surface area contributed by atoms with E-state index in [0.29, 0.717) is 24.4 Å². The number of likely N-dealkylation sites (N-methyl/N-ethyl adjacent to an activating group) is 1. The third-order valence-corrected chi connectivity index (χ3v) is 5.45. The zero-order valence-electron chi connectivity index (χ0n) is 15.0. The molecule has 1 heterocycles. The Morgan fingerprint density at radius 3 is 2.43 bits per heavy atom. The van der Waals surface area contributed by atoms with Crippen molar-refractivity contribution in [3.05, 3.63) is 29.3 Å². The molecule has 1 aromatic carbocycles. The van der Waals surface area contributed by atoms with Crippen molar-refractivity contribution in [3.8, 4) is 5.75 Å². The molecule has 4 nitrogen and oxygen atoms in total. The van der Waals surface area contributed by atoms with Crippen LogP contribution in [0, 0.1) is 13.8 Å². The monoisotopic (exact) mass is 338 g/mol. The van der Waals surface area contributed by atoms with Gasteiger partial charge >= 0.3 is 0 Å². The van der Waals surface area contributed by atoms with Gasteiger partial charge in [-0.15, -0.1) is 0 Å². The maximum Gasteiger partial charge on any atom is 0.119 e. The number of thioether (sulfide) groups is 1. The van der Waals surface area contributed by atoms with Gasteiger partial charge in [-0.1, -0.05) is 6.07 Å². The van der Waals surface area contributed by atoms with Crippen LogP contribution in [0.1, 0.15) is 11.1 Å². The number of hydrogen-bond donors (Lipinski definition) is 1. The highest BCUT2D eigenvalue weighted by Gasteiger charge is 2.34. The number of hydrogen-bond acceptors (Lipinski definition) is 5. The lowest BCUT2D eigenvalue weighted by molar-refractivity contribution is 0.0738. The van der Waals surface area contributed by atoms with E-state index in [9.17, 15) is 5.11 Å². The fraction of sp³-hybridized carbons (Fsp3) is 0.667. The summed E-state index contributed by atoms with van der Waals surface area (Å²) in [6, 6.07) is 6.71. The fourth-order valence-electron chi connectivity index (χ4n) is 3.27. The standard InChI is InChI=1S/C18H30N2O2S/c1-13-6-14(2)8-16(7-13)22-12-15(21)9-20-10-17(19(3)4)18(11-20)23-5/h6-8,15,17-18,21H,9-12H2,1-5H3/t15-,17+,18+/m0/s1. The fourth-order valence-corrected chi connectivity index (χ4v) is 4.27. The predicted octanol–water partition coefficient (Wildman–Crippen LogP) is 2.02. The van der Waals surface area contributed by atoms with Crippen molar-refractivity contribution in [2.75, 3.05) is 46.6 Å². The minimum atomic E-state index is -0.459. The van der Waals surface area contributed by atoms with E-state index in [0.717, 1.165) is 18.8 Å². The number of ether oxygens (including phenoxy) is 1. The van der Waals surface area contributed by atoms with Crippen LogP contribution in [0.5, 0.6) is 5.75 Å². The van der Waals surface area contributed by atoms with Gasteiger partial charge in [-0.3, -0.25) is 4.90 Å². The highest BCUT2D eigenvalue weighted by atomic mass is 32.2. The molecular formula is C18H30N2O2S. The molecule has 0 radical (unpaired) electrons. The summed E-state index contributed by atoms with van der Waals surface area (Å²) in [5.41, 5.74) is 2.37. The zero-order valence-corrected chi connectivity index (χ0v) is 15.8. The van der Waals surface area contributed by atoms with Gasteiger partial charge in [0.1, 0.15) is 18.5 Å². The van der Waals surface area contributed by atoms with Crippen molar-refractivity contribution < 1.29 is 9.84 Å². The number of aliphatic hydroxyl groups excluding tert-OH is 1. The van der Waals surface area contributed by atoms with Crippen LogP contribution in [0.4, 0.5) is 0 Å². The largest absolute Gasteiger partial charge is 0.491 e. The van der Waals surface area contributed by atoms with Crippen molar-refractivity contribution in [2.45, 2.75) is 31.2 Å². The van der Waals surface area contributed by atoms with Gasteiger partial charge in [-0.25, -0.2) is 0 Å². The minimum absolute atomic E-state index is 0.343. The van der Waals surface area contributed by atoms with Crippen molar-refractivity contribution >= 4 is 11.8 Å². The number of aliphatic hydroxyl groups is 1. The predicted molar refractivity (Wildman–Crippen MR) is 98.6 cm³/mol. The van der Waals surface area contributed by atoms with Crippen LogP contribution in [-0.4, -0.2) is 78.9 Å². The van der Waals surface area contributed by atoms with E-state index in [1.165, 1.54) is 11.1 Å². The average molecular weight is 339 g/mol. The molecule has 1 saturated heterocycles. The van der Waals surface area contributed by atoms with Crippen LogP contribution >= 0.6 is 11.8 Å². The SMILES string of the molecule is CS[C@@H]1CN(C[C@H](O)COc2cc(C)cc(C)c2)C[C@H]1N(C)C. The number of β-amino-alcohol motifs (C(OH)–C–C–N with tert-alkyl or cyclic N) is 1.